The highest BCUT2D eigenvalue weighted by Gasteiger charge is 2.20. The summed E-state index contributed by atoms with van der Waals surface area (Å²) in [7, 11) is 3.34. The van der Waals surface area contributed by atoms with E-state index in [9.17, 15) is 0 Å². The number of nitrogens with zero attached hydrogens (tertiary/aromatic N) is 1. The van der Waals surface area contributed by atoms with Gasteiger partial charge in [-0.2, -0.15) is 0 Å². The molecule has 0 aliphatic carbocycles. The fraction of sp³-hybridized carbons (Fsp3) is 0.136. The van der Waals surface area contributed by atoms with Gasteiger partial charge in [-0.1, -0.05) is 18.2 Å². The second-order valence-electron chi connectivity index (χ2n) is 5.99. The van der Waals surface area contributed by atoms with Crippen molar-refractivity contribution in [3.63, 3.8) is 0 Å². The first kappa shape index (κ1) is 16.2. The van der Waals surface area contributed by atoms with Crippen molar-refractivity contribution >= 4 is 11.6 Å². The van der Waals surface area contributed by atoms with Crippen LogP contribution in [-0.4, -0.2) is 19.2 Å². The molecule has 2 aromatic carbocycles. The minimum atomic E-state index is 0.477. The standard InChI is InChI=1S/C22H19NO3/c1-24-17-7-5-15(6-8-17)12-20-19-10-9-18(25-2)13-16(19)14-26-21-4-3-11-23-22(20)21/h3-13H,14H2,1-2H3/b20-12+. The third kappa shape index (κ3) is 3.02. The topological polar surface area (TPSA) is 40.6 Å². The number of benzene rings is 2. The summed E-state index contributed by atoms with van der Waals surface area (Å²) >= 11 is 0. The Balaban J connectivity index is 1.89. The van der Waals surface area contributed by atoms with Crippen molar-refractivity contribution in [2.75, 3.05) is 14.2 Å². The molecule has 0 spiro atoms. The van der Waals surface area contributed by atoms with Crippen LogP contribution in [0.25, 0.3) is 11.6 Å². The molecule has 0 unspecified atom stereocenters. The third-order valence-electron chi connectivity index (χ3n) is 4.44. The molecule has 0 bridgehead atoms. The molecule has 26 heavy (non-hydrogen) atoms. The Labute approximate surface area is 152 Å². The van der Waals surface area contributed by atoms with Crippen molar-refractivity contribution in [3.05, 3.63) is 83.2 Å². The highest BCUT2D eigenvalue weighted by atomic mass is 16.5. The van der Waals surface area contributed by atoms with E-state index in [1.807, 2.05) is 48.5 Å². The molecule has 0 fully saturated rings. The fourth-order valence-electron chi connectivity index (χ4n) is 3.08. The molecular weight excluding hydrogens is 326 g/mol. The smallest absolute Gasteiger partial charge is 0.146 e. The van der Waals surface area contributed by atoms with Crippen LogP contribution >= 0.6 is 0 Å². The highest BCUT2D eigenvalue weighted by Crippen LogP contribution is 2.37. The normalized spacial score (nSPS) is 14.0. The first-order valence-corrected chi connectivity index (χ1v) is 8.39. The number of pyridine rings is 1. The monoisotopic (exact) mass is 345 g/mol. The number of ether oxygens (including phenoxy) is 3. The molecule has 4 heteroatoms. The molecule has 0 saturated carbocycles. The highest BCUT2D eigenvalue weighted by molar-refractivity contribution is 5.93. The zero-order valence-corrected chi connectivity index (χ0v) is 14.7. The lowest BCUT2D eigenvalue weighted by molar-refractivity contribution is 0.305. The van der Waals surface area contributed by atoms with Gasteiger partial charge in [0.25, 0.3) is 0 Å². The van der Waals surface area contributed by atoms with Crippen LogP contribution in [0.2, 0.25) is 0 Å². The number of rotatable bonds is 3. The number of aromatic nitrogens is 1. The van der Waals surface area contributed by atoms with E-state index in [0.29, 0.717) is 6.61 Å². The van der Waals surface area contributed by atoms with E-state index in [1.165, 1.54) is 0 Å². The summed E-state index contributed by atoms with van der Waals surface area (Å²) in [6.45, 7) is 0.477. The molecule has 4 rings (SSSR count). The van der Waals surface area contributed by atoms with E-state index in [-0.39, 0.29) is 0 Å². The van der Waals surface area contributed by atoms with Crippen LogP contribution in [0.15, 0.2) is 60.8 Å². The maximum atomic E-state index is 6.00. The number of methoxy groups -OCH3 is 2. The molecule has 0 atom stereocenters. The first-order valence-electron chi connectivity index (χ1n) is 8.39. The van der Waals surface area contributed by atoms with Crippen LogP contribution in [0, 0.1) is 0 Å². The van der Waals surface area contributed by atoms with Gasteiger partial charge in [-0.3, -0.25) is 4.98 Å². The van der Waals surface area contributed by atoms with E-state index in [4.69, 9.17) is 14.2 Å². The van der Waals surface area contributed by atoms with Crippen molar-refractivity contribution < 1.29 is 14.2 Å². The summed E-state index contributed by atoms with van der Waals surface area (Å²) in [5.41, 5.74) is 5.11. The van der Waals surface area contributed by atoms with E-state index in [0.717, 1.165) is 45.2 Å². The molecule has 0 N–H and O–H groups in total. The molecule has 1 aliphatic rings. The summed E-state index contributed by atoms with van der Waals surface area (Å²) < 4.78 is 16.6. The van der Waals surface area contributed by atoms with Crippen molar-refractivity contribution in [1.29, 1.82) is 0 Å². The van der Waals surface area contributed by atoms with E-state index in [2.05, 4.69) is 17.1 Å². The van der Waals surface area contributed by atoms with Gasteiger partial charge in [0.2, 0.25) is 0 Å². The number of hydrogen-bond acceptors (Lipinski definition) is 4. The Bertz CT molecular complexity index is 961. The molecular formula is C22H19NO3. The molecule has 130 valence electrons. The van der Waals surface area contributed by atoms with Crippen LogP contribution in [0.5, 0.6) is 17.2 Å². The molecule has 2 heterocycles. The van der Waals surface area contributed by atoms with Gasteiger partial charge in [0, 0.05) is 17.3 Å². The van der Waals surface area contributed by atoms with Gasteiger partial charge in [0.05, 0.1) is 14.2 Å². The van der Waals surface area contributed by atoms with E-state index >= 15 is 0 Å². The molecule has 0 saturated heterocycles. The molecule has 1 aromatic heterocycles. The van der Waals surface area contributed by atoms with Crippen LogP contribution in [-0.2, 0) is 6.61 Å². The lowest BCUT2D eigenvalue weighted by Crippen LogP contribution is -1.96. The van der Waals surface area contributed by atoms with Crippen molar-refractivity contribution in [2.45, 2.75) is 6.61 Å². The summed E-state index contributed by atoms with van der Waals surface area (Å²) in [6, 6.07) is 17.9. The van der Waals surface area contributed by atoms with Gasteiger partial charge < -0.3 is 14.2 Å². The van der Waals surface area contributed by atoms with Gasteiger partial charge >= 0.3 is 0 Å². The van der Waals surface area contributed by atoms with Gasteiger partial charge in [-0.25, -0.2) is 0 Å². The lowest BCUT2D eigenvalue weighted by atomic mass is 9.95. The Morgan fingerprint density at radius 1 is 0.962 bits per heavy atom. The van der Waals surface area contributed by atoms with Crippen molar-refractivity contribution in [2.24, 2.45) is 0 Å². The first-order chi connectivity index (χ1) is 12.8. The van der Waals surface area contributed by atoms with Crippen LogP contribution in [0.1, 0.15) is 22.4 Å². The zero-order valence-electron chi connectivity index (χ0n) is 14.7. The average Bonchev–Trinajstić information content (AvgIpc) is 2.85. The average molecular weight is 345 g/mol. The number of fused-ring (bicyclic) bond motifs is 2. The van der Waals surface area contributed by atoms with Crippen LogP contribution in [0.3, 0.4) is 0 Å². The molecule has 1 aliphatic heterocycles. The second-order valence-corrected chi connectivity index (χ2v) is 5.99. The van der Waals surface area contributed by atoms with Crippen molar-refractivity contribution in [3.8, 4) is 17.2 Å². The predicted molar refractivity (Wildman–Crippen MR) is 102 cm³/mol. The van der Waals surface area contributed by atoms with Crippen LogP contribution < -0.4 is 14.2 Å². The zero-order chi connectivity index (χ0) is 17.9. The van der Waals surface area contributed by atoms with Crippen molar-refractivity contribution in [1.82, 2.24) is 4.98 Å². The van der Waals surface area contributed by atoms with E-state index < -0.39 is 0 Å². The Morgan fingerprint density at radius 2 is 1.73 bits per heavy atom. The molecule has 3 aromatic rings. The van der Waals surface area contributed by atoms with E-state index in [1.54, 1.807) is 20.4 Å². The summed E-state index contributed by atoms with van der Waals surface area (Å²) in [5.74, 6) is 2.43. The van der Waals surface area contributed by atoms with Crippen LogP contribution in [0.4, 0.5) is 0 Å². The maximum Gasteiger partial charge on any atom is 0.146 e. The SMILES string of the molecule is COc1ccc(/C=C2\c3ccc(OC)cc3COc3cccnc32)cc1. The predicted octanol–water partition coefficient (Wildman–Crippen LogP) is 4.58. The molecule has 0 radical (unpaired) electrons. The van der Waals surface area contributed by atoms with Gasteiger partial charge in [0.1, 0.15) is 29.5 Å². The third-order valence-corrected chi connectivity index (χ3v) is 4.44. The fourth-order valence-corrected chi connectivity index (χ4v) is 3.08. The van der Waals surface area contributed by atoms with Gasteiger partial charge in [0.15, 0.2) is 0 Å². The summed E-state index contributed by atoms with van der Waals surface area (Å²) in [5, 5.41) is 0. The Kier molecular flexibility index (Phi) is 4.32. The minimum absolute atomic E-state index is 0.477. The van der Waals surface area contributed by atoms with Gasteiger partial charge in [-0.05, 0) is 53.6 Å². The minimum Gasteiger partial charge on any atom is -0.497 e. The Morgan fingerprint density at radius 3 is 2.50 bits per heavy atom. The lowest BCUT2D eigenvalue weighted by Gasteiger charge is -2.11. The largest absolute Gasteiger partial charge is 0.497 e. The summed E-state index contributed by atoms with van der Waals surface area (Å²) in [6.07, 6.45) is 3.92. The molecule has 4 nitrogen and oxygen atoms in total. The summed E-state index contributed by atoms with van der Waals surface area (Å²) in [4.78, 5) is 4.58. The Hall–Kier alpha value is -3.27. The molecule has 0 amide bonds. The van der Waals surface area contributed by atoms with Gasteiger partial charge in [-0.15, -0.1) is 0 Å². The maximum absolute atomic E-state index is 6.00. The quantitative estimate of drug-likeness (QED) is 0.697. The number of hydrogen-bond donors (Lipinski definition) is 0. The second kappa shape index (κ2) is 6.92.